The number of rotatable bonds is 3. The number of aromatic nitrogens is 5. The molecule has 3 aliphatic rings. The highest BCUT2D eigenvalue weighted by atomic mass is 16.3. The summed E-state index contributed by atoms with van der Waals surface area (Å²) in [6.07, 6.45) is 7.83. The van der Waals surface area contributed by atoms with E-state index in [0.717, 1.165) is 72.8 Å². The summed E-state index contributed by atoms with van der Waals surface area (Å²) in [7, 11) is 0. The molecule has 2 bridgehead atoms. The molecule has 0 radical (unpaired) electrons. The number of piperazine rings is 1. The first-order valence-electron chi connectivity index (χ1n) is 11.5. The third kappa shape index (κ3) is 3.29. The molecule has 3 fully saturated rings. The number of aromatic amines is 1. The molecule has 6 rings (SSSR count). The number of pyridine rings is 1. The van der Waals surface area contributed by atoms with Gasteiger partial charge in [-0.3, -0.25) is 5.10 Å². The van der Waals surface area contributed by atoms with E-state index >= 15 is 0 Å². The predicted octanol–water partition coefficient (Wildman–Crippen LogP) is 2.48. The van der Waals surface area contributed by atoms with Gasteiger partial charge < -0.3 is 15.3 Å². The van der Waals surface area contributed by atoms with Crippen molar-refractivity contribution >= 4 is 16.9 Å². The van der Waals surface area contributed by atoms with Crippen LogP contribution in [0, 0.1) is 11.8 Å². The molecule has 8 heteroatoms. The lowest BCUT2D eigenvalue weighted by Crippen LogP contribution is -2.49. The maximum atomic E-state index is 10.5. The molecule has 1 unspecified atom stereocenters. The Morgan fingerprint density at radius 2 is 2.10 bits per heavy atom. The Labute approximate surface area is 181 Å². The molecule has 3 aromatic heterocycles. The fourth-order valence-electron chi connectivity index (χ4n) is 5.95. The van der Waals surface area contributed by atoms with Crippen LogP contribution in [0.4, 0.5) is 5.82 Å². The summed E-state index contributed by atoms with van der Waals surface area (Å²) in [6.45, 7) is 5.11. The van der Waals surface area contributed by atoms with Gasteiger partial charge in [-0.2, -0.15) is 5.10 Å². The van der Waals surface area contributed by atoms with Crippen molar-refractivity contribution in [1.82, 2.24) is 30.5 Å². The first-order chi connectivity index (χ1) is 15.2. The number of nitrogens with one attached hydrogen (secondary N) is 2. The first-order valence-corrected chi connectivity index (χ1v) is 11.5. The minimum atomic E-state index is -0.218. The van der Waals surface area contributed by atoms with Crippen LogP contribution in [0.15, 0.2) is 24.5 Å². The number of hydrogen-bond donors (Lipinski definition) is 3. The van der Waals surface area contributed by atoms with Crippen LogP contribution in [0.3, 0.4) is 0 Å². The van der Waals surface area contributed by atoms with Gasteiger partial charge >= 0.3 is 0 Å². The van der Waals surface area contributed by atoms with Crippen molar-refractivity contribution in [3.05, 3.63) is 30.4 Å². The van der Waals surface area contributed by atoms with Crippen molar-refractivity contribution in [1.29, 1.82) is 0 Å². The van der Waals surface area contributed by atoms with Gasteiger partial charge in [0.25, 0.3) is 0 Å². The molecule has 2 saturated carbocycles. The molecule has 0 spiro atoms. The van der Waals surface area contributed by atoms with Gasteiger partial charge in [0.05, 0.1) is 12.3 Å². The zero-order chi connectivity index (χ0) is 20.9. The highest BCUT2D eigenvalue weighted by Crippen LogP contribution is 2.51. The molecule has 31 heavy (non-hydrogen) atoms. The summed E-state index contributed by atoms with van der Waals surface area (Å²) in [5.41, 5.74) is 3.45. The molecule has 1 saturated heterocycles. The maximum Gasteiger partial charge on any atom is 0.132 e. The topological polar surface area (TPSA) is 103 Å². The Bertz CT molecular complexity index is 1080. The van der Waals surface area contributed by atoms with Crippen molar-refractivity contribution in [2.24, 2.45) is 11.8 Å². The fourth-order valence-corrected chi connectivity index (χ4v) is 5.95. The zero-order valence-electron chi connectivity index (χ0n) is 17.8. The summed E-state index contributed by atoms with van der Waals surface area (Å²) in [5.74, 6) is 2.89. The van der Waals surface area contributed by atoms with Gasteiger partial charge in [-0.25, -0.2) is 15.0 Å². The van der Waals surface area contributed by atoms with E-state index < -0.39 is 0 Å². The van der Waals surface area contributed by atoms with E-state index in [-0.39, 0.29) is 17.9 Å². The molecule has 5 atom stereocenters. The van der Waals surface area contributed by atoms with Crippen molar-refractivity contribution in [2.45, 2.75) is 50.7 Å². The van der Waals surface area contributed by atoms with E-state index in [0.29, 0.717) is 12.0 Å². The molecule has 2 aliphatic carbocycles. The summed E-state index contributed by atoms with van der Waals surface area (Å²) in [6, 6.07) is 4.63. The van der Waals surface area contributed by atoms with E-state index in [1.807, 2.05) is 12.4 Å². The zero-order valence-corrected chi connectivity index (χ0v) is 17.8. The largest absolute Gasteiger partial charge is 0.393 e. The minimum Gasteiger partial charge on any atom is -0.393 e. The summed E-state index contributed by atoms with van der Waals surface area (Å²) in [5, 5.41) is 21.6. The first kappa shape index (κ1) is 19.1. The molecular formula is C23H29N7O. The molecule has 0 aromatic carbocycles. The average molecular weight is 420 g/mol. The lowest BCUT2D eigenvalue weighted by molar-refractivity contribution is 0.121. The normalized spacial score (nSPS) is 30.8. The van der Waals surface area contributed by atoms with Crippen molar-refractivity contribution in [2.75, 3.05) is 24.5 Å². The van der Waals surface area contributed by atoms with Crippen LogP contribution in [0.5, 0.6) is 0 Å². The van der Waals surface area contributed by atoms with Gasteiger partial charge in [0.1, 0.15) is 28.4 Å². The second kappa shape index (κ2) is 7.53. The van der Waals surface area contributed by atoms with Gasteiger partial charge in [0, 0.05) is 43.4 Å². The number of aliphatic hydroxyl groups excluding tert-OH is 1. The second-order valence-electron chi connectivity index (χ2n) is 9.45. The molecule has 162 valence electrons. The predicted molar refractivity (Wildman–Crippen MR) is 119 cm³/mol. The van der Waals surface area contributed by atoms with Gasteiger partial charge in [-0.1, -0.05) is 6.42 Å². The second-order valence-corrected chi connectivity index (χ2v) is 9.45. The van der Waals surface area contributed by atoms with Crippen molar-refractivity contribution in [3.63, 3.8) is 0 Å². The maximum absolute atomic E-state index is 10.5. The van der Waals surface area contributed by atoms with Gasteiger partial charge in [0.2, 0.25) is 0 Å². The molecule has 1 aliphatic heterocycles. The van der Waals surface area contributed by atoms with Crippen molar-refractivity contribution < 1.29 is 5.11 Å². The van der Waals surface area contributed by atoms with E-state index in [9.17, 15) is 5.11 Å². The van der Waals surface area contributed by atoms with Crippen LogP contribution in [-0.4, -0.2) is 62.0 Å². The summed E-state index contributed by atoms with van der Waals surface area (Å²) in [4.78, 5) is 16.7. The Balaban J connectivity index is 1.32. The highest BCUT2D eigenvalue weighted by molar-refractivity contribution is 5.88. The van der Waals surface area contributed by atoms with Crippen LogP contribution in [0.1, 0.15) is 44.3 Å². The number of nitrogens with zero attached hydrogens (tertiary/aromatic N) is 5. The molecule has 4 heterocycles. The Hall–Kier alpha value is -2.58. The van der Waals surface area contributed by atoms with E-state index in [1.54, 1.807) is 0 Å². The van der Waals surface area contributed by atoms with Crippen LogP contribution in [-0.2, 0) is 0 Å². The van der Waals surface area contributed by atoms with E-state index in [2.05, 4.69) is 44.5 Å². The van der Waals surface area contributed by atoms with Gasteiger partial charge in [-0.15, -0.1) is 0 Å². The average Bonchev–Trinajstić information content (AvgIpc) is 3.29. The summed E-state index contributed by atoms with van der Waals surface area (Å²) < 4.78 is 0. The smallest absolute Gasteiger partial charge is 0.132 e. The third-order valence-electron chi connectivity index (χ3n) is 7.45. The van der Waals surface area contributed by atoms with E-state index in [1.165, 1.54) is 6.42 Å². The molecule has 8 nitrogen and oxygen atoms in total. The summed E-state index contributed by atoms with van der Waals surface area (Å²) >= 11 is 0. The standard InChI is InChI=1S/C23H29N7O/c1-13-12-30(8-7-24-13)19-6-5-15(10-25-19)21-22-17(28-29-21)11-26-23(27-22)20-14-3-2-4-16(20)18(31)9-14/h5-6,10-11,13-14,16,18,20,24,31H,2-4,7-9,12H2,1H3,(H,28,29)/t13-,14-,16+,18+,20?/m1/s1. The Morgan fingerprint density at radius 3 is 2.90 bits per heavy atom. The SMILES string of the molecule is C[C@@H]1CN(c2ccc(-c3n[nH]c4cnc(C5[C@@H]6CCC[C@H]5[C@@H](O)C6)nc34)cn2)CCN1. The lowest BCUT2D eigenvalue weighted by atomic mass is 9.78. The number of fused-ring (bicyclic) bond motifs is 3. The number of hydrogen-bond acceptors (Lipinski definition) is 7. The molecular weight excluding hydrogens is 390 g/mol. The quantitative estimate of drug-likeness (QED) is 0.599. The van der Waals surface area contributed by atoms with Crippen LogP contribution < -0.4 is 10.2 Å². The minimum absolute atomic E-state index is 0.218. The van der Waals surface area contributed by atoms with Crippen molar-refractivity contribution in [3.8, 4) is 11.3 Å². The van der Waals surface area contributed by atoms with Crippen LogP contribution >= 0.6 is 0 Å². The van der Waals surface area contributed by atoms with Gasteiger partial charge in [0.15, 0.2) is 0 Å². The third-order valence-corrected chi connectivity index (χ3v) is 7.45. The number of H-pyrrole nitrogens is 1. The fraction of sp³-hybridized carbons (Fsp3) is 0.565. The molecule has 0 amide bonds. The molecule has 3 N–H and O–H groups in total. The van der Waals surface area contributed by atoms with Gasteiger partial charge in [-0.05, 0) is 50.2 Å². The Morgan fingerprint density at radius 1 is 1.16 bits per heavy atom. The van der Waals surface area contributed by atoms with Crippen LogP contribution in [0.25, 0.3) is 22.3 Å². The number of anilines is 1. The highest BCUT2D eigenvalue weighted by Gasteiger charge is 2.46. The van der Waals surface area contributed by atoms with Crippen LogP contribution in [0.2, 0.25) is 0 Å². The molecule has 3 aromatic rings. The lowest BCUT2D eigenvalue weighted by Gasteiger charge is -2.32. The monoisotopic (exact) mass is 419 g/mol. The Kier molecular flexibility index (Phi) is 4.65. The van der Waals surface area contributed by atoms with E-state index in [4.69, 9.17) is 9.97 Å². The number of aliphatic hydroxyl groups is 1.